The van der Waals surface area contributed by atoms with Crippen molar-refractivity contribution in [3.05, 3.63) is 59.2 Å². The van der Waals surface area contributed by atoms with Gasteiger partial charge in [0.25, 0.3) is 0 Å². The molecule has 1 saturated heterocycles. The fourth-order valence-electron chi connectivity index (χ4n) is 4.23. The molecule has 1 aliphatic carbocycles. The van der Waals surface area contributed by atoms with Crippen LogP contribution in [-0.2, 0) is 11.3 Å². The Morgan fingerprint density at radius 1 is 1.07 bits per heavy atom. The quantitative estimate of drug-likeness (QED) is 0.697. The molecule has 2 fully saturated rings. The van der Waals surface area contributed by atoms with Crippen molar-refractivity contribution in [1.82, 2.24) is 4.90 Å². The molecule has 154 valence electrons. The number of nitrogens with zero attached hydrogens (tertiary/aromatic N) is 1. The minimum Gasteiger partial charge on any atom is -0.493 e. The first kappa shape index (κ1) is 19.7. The largest absolute Gasteiger partial charge is 0.493 e. The van der Waals surface area contributed by atoms with Gasteiger partial charge >= 0.3 is 0 Å². The van der Waals surface area contributed by atoms with Crippen LogP contribution in [0.25, 0.3) is 0 Å². The zero-order valence-corrected chi connectivity index (χ0v) is 16.5. The second kappa shape index (κ2) is 8.39. The lowest BCUT2D eigenvalue weighted by molar-refractivity contribution is -0.128. The summed E-state index contributed by atoms with van der Waals surface area (Å²) in [5.74, 6) is 0.126. The molecule has 2 aromatic rings. The number of hydrogen-bond acceptors (Lipinski definition) is 3. The Labute approximate surface area is 169 Å². The van der Waals surface area contributed by atoms with E-state index >= 15 is 0 Å². The van der Waals surface area contributed by atoms with Crippen LogP contribution in [-0.4, -0.2) is 30.6 Å². The Morgan fingerprint density at radius 3 is 2.59 bits per heavy atom. The van der Waals surface area contributed by atoms with E-state index in [-0.39, 0.29) is 24.5 Å². The van der Waals surface area contributed by atoms with Crippen LogP contribution in [0.4, 0.5) is 8.78 Å². The zero-order valence-electron chi connectivity index (χ0n) is 16.5. The number of likely N-dealkylation sites (tertiary alicyclic amines) is 1. The third-order valence-electron chi connectivity index (χ3n) is 5.85. The first-order valence-corrected chi connectivity index (χ1v) is 10.1. The third-order valence-corrected chi connectivity index (χ3v) is 5.85. The smallest absolute Gasteiger partial charge is 0.223 e. The predicted molar refractivity (Wildman–Crippen MR) is 105 cm³/mol. The van der Waals surface area contributed by atoms with E-state index < -0.39 is 11.6 Å². The molecule has 1 amide bonds. The van der Waals surface area contributed by atoms with E-state index in [1.807, 2.05) is 18.2 Å². The monoisotopic (exact) mass is 401 g/mol. The molecule has 0 N–H and O–H groups in total. The maximum absolute atomic E-state index is 14.0. The molecule has 0 unspecified atom stereocenters. The summed E-state index contributed by atoms with van der Waals surface area (Å²) in [4.78, 5) is 14.1. The van der Waals surface area contributed by atoms with Gasteiger partial charge in [-0.1, -0.05) is 12.1 Å². The van der Waals surface area contributed by atoms with Gasteiger partial charge in [-0.25, -0.2) is 8.78 Å². The number of carbonyl (C=O) groups is 1. The Balaban J connectivity index is 1.49. The molecular weight excluding hydrogens is 376 g/mol. The summed E-state index contributed by atoms with van der Waals surface area (Å²) in [7, 11) is 1.62. The second-order valence-corrected chi connectivity index (χ2v) is 7.85. The van der Waals surface area contributed by atoms with Gasteiger partial charge in [0.05, 0.1) is 13.2 Å². The molecule has 4 rings (SSSR count). The van der Waals surface area contributed by atoms with Crippen molar-refractivity contribution in [2.45, 2.75) is 50.7 Å². The van der Waals surface area contributed by atoms with Crippen molar-refractivity contribution in [3.63, 3.8) is 0 Å². The summed E-state index contributed by atoms with van der Waals surface area (Å²) < 4.78 is 38.7. The lowest BCUT2D eigenvalue weighted by atomic mass is 9.98. The second-order valence-electron chi connectivity index (χ2n) is 7.85. The average molecular weight is 401 g/mol. The van der Waals surface area contributed by atoms with Crippen LogP contribution in [0.5, 0.6) is 11.5 Å². The Morgan fingerprint density at radius 2 is 1.86 bits per heavy atom. The van der Waals surface area contributed by atoms with Crippen LogP contribution in [0, 0.1) is 11.6 Å². The van der Waals surface area contributed by atoms with Gasteiger partial charge in [-0.3, -0.25) is 4.79 Å². The molecule has 0 spiro atoms. The highest BCUT2D eigenvalue weighted by Gasteiger charge is 2.32. The van der Waals surface area contributed by atoms with Crippen molar-refractivity contribution < 1.29 is 23.0 Å². The number of hydrogen-bond donors (Lipinski definition) is 0. The van der Waals surface area contributed by atoms with E-state index in [4.69, 9.17) is 9.47 Å². The summed E-state index contributed by atoms with van der Waals surface area (Å²) in [5.41, 5.74) is 1.33. The SMILES string of the molecule is COc1ccc([C@@H]2CC(=O)N(Cc3ccc(F)cc3F)C2)cc1OC1CCCC1. The van der Waals surface area contributed by atoms with Gasteiger partial charge in [0.15, 0.2) is 11.5 Å². The van der Waals surface area contributed by atoms with Gasteiger partial charge < -0.3 is 14.4 Å². The minimum absolute atomic E-state index is 0.00263. The summed E-state index contributed by atoms with van der Waals surface area (Å²) in [6, 6.07) is 9.27. The highest BCUT2D eigenvalue weighted by Crippen LogP contribution is 2.37. The molecule has 6 heteroatoms. The normalized spacial score (nSPS) is 19.8. The first-order chi connectivity index (χ1) is 14.0. The molecule has 1 aliphatic heterocycles. The summed E-state index contributed by atoms with van der Waals surface area (Å²) in [6.45, 7) is 0.633. The fourth-order valence-corrected chi connectivity index (χ4v) is 4.23. The first-order valence-electron chi connectivity index (χ1n) is 10.1. The number of carbonyl (C=O) groups excluding carboxylic acids is 1. The van der Waals surface area contributed by atoms with Crippen molar-refractivity contribution >= 4 is 5.91 Å². The number of methoxy groups -OCH3 is 1. The summed E-state index contributed by atoms with van der Waals surface area (Å²) in [6.07, 6.45) is 5.02. The number of halogens is 2. The van der Waals surface area contributed by atoms with Gasteiger partial charge in [0.1, 0.15) is 11.6 Å². The van der Waals surface area contributed by atoms with Crippen molar-refractivity contribution in [2.24, 2.45) is 0 Å². The van der Waals surface area contributed by atoms with Gasteiger partial charge in [-0.15, -0.1) is 0 Å². The molecule has 2 aromatic carbocycles. The van der Waals surface area contributed by atoms with Gasteiger partial charge in [-0.2, -0.15) is 0 Å². The summed E-state index contributed by atoms with van der Waals surface area (Å²) in [5, 5.41) is 0. The predicted octanol–water partition coefficient (Wildman–Crippen LogP) is 4.81. The molecule has 1 atom stereocenters. The van der Waals surface area contributed by atoms with E-state index in [0.29, 0.717) is 30.0 Å². The topological polar surface area (TPSA) is 38.8 Å². The molecule has 2 aliphatic rings. The van der Waals surface area contributed by atoms with E-state index in [9.17, 15) is 13.6 Å². The number of amides is 1. The fraction of sp³-hybridized carbons (Fsp3) is 0.435. The number of rotatable bonds is 6. The molecular formula is C23H25F2NO3. The molecule has 1 saturated carbocycles. The van der Waals surface area contributed by atoms with Crippen LogP contribution >= 0.6 is 0 Å². The van der Waals surface area contributed by atoms with E-state index in [1.165, 1.54) is 25.0 Å². The Hall–Kier alpha value is -2.63. The van der Waals surface area contributed by atoms with Crippen molar-refractivity contribution in [3.8, 4) is 11.5 Å². The van der Waals surface area contributed by atoms with Crippen molar-refractivity contribution in [1.29, 1.82) is 0 Å². The standard InChI is InChI=1S/C23H25F2NO3/c1-28-21-9-7-15(10-22(21)29-19-4-2-3-5-19)17-11-23(27)26(14-17)13-16-6-8-18(24)12-20(16)25/h6-10,12,17,19H,2-5,11,13-14H2,1H3/t17-/m1/s1. The van der Waals surface area contributed by atoms with E-state index in [1.54, 1.807) is 12.0 Å². The lowest BCUT2D eigenvalue weighted by Crippen LogP contribution is -2.25. The molecule has 0 radical (unpaired) electrons. The van der Waals surface area contributed by atoms with Crippen molar-refractivity contribution in [2.75, 3.05) is 13.7 Å². The molecule has 4 nitrogen and oxygen atoms in total. The van der Waals surface area contributed by atoms with Gasteiger partial charge in [0, 0.05) is 37.1 Å². The molecule has 0 aromatic heterocycles. The third kappa shape index (κ3) is 4.36. The van der Waals surface area contributed by atoms with Crippen LogP contribution in [0.2, 0.25) is 0 Å². The van der Waals surface area contributed by atoms with E-state index in [0.717, 1.165) is 24.5 Å². The Bertz CT molecular complexity index is 896. The maximum atomic E-state index is 14.0. The number of benzene rings is 2. The molecule has 1 heterocycles. The zero-order chi connectivity index (χ0) is 20.4. The minimum atomic E-state index is -0.627. The van der Waals surface area contributed by atoms with Crippen LogP contribution in [0.3, 0.4) is 0 Å². The molecule has 0 bridgehead atoms. The summed E-state index contributed by atoms with van der Waals surface area (Å²) >= 11 is 0. The highest BCUT2D eigenvalue weighted by atomic mass is 19.1. The maximum Gasteiger partial charge on any atom is 0.223 e. The number of ether oxygens (including phenoxy) is 2. The lowest BCUT2D eigenvalue weighted by Gasteiger charge is -2.19. The van der Waals surface area contributed by atoms with Gasteiger partial charge in [0.2, 0.25) is 5.91 Å². The average Bonchev–Trinajstić information content (AvgIpc) is 3.34. The van der Waals surface area contributed by atoms with Gasteiger partial charge in [-0.05, 0) is 49.4 Å². The molecule has 29 heavy (non-hydrogen) atoms. The highest BCUT2D eigenvalue weighted by molar-refractivity contribution is 5.79. The van der Waals surface area contributed by atoms with Crippen LogP contribution in [0.15, 0.2) is 36.4 Å². The van der Waals surface area contributed by atoms with Crippen LogP contribution < -0.4 is 9.47 Å². The Kier molecular flexibility index (Phi) is 5.69. The van der Waals surface area contributed by atoms with Crippen LogP contribution in [0.1, 0.15) is 49.1 Å². The van der Waals surface area contributed by atoms with E-state index in [2.05, 4.69) is 0 Å².